The number of nitrogens with zero attached hydrogens (tertiary/aromatic N) is 1. The molecule has 0 aliphatic carbocycles. The summed E-state index contributed by atoms with van der Waals surface area (Å²) in [4.78, 5) is 5.35. The number of aliphatic imine (C=N–C) groups is 1. The molecule has 1 aliphatic heterocycles. The zero-order valence-electron chi connectivity index (χ0n) is 28.3. The summed E-state index contributed by atoms with van der Waals surface area (Å²) in [6.07, 6.45) is -0.600. The summed E-state index contributed by atoms with van der Waals surface area (Å²) in [5.41, 5.74) is 8.68. The predicted molar refractivity (Wildman–Crippen MR) is 218 cm³/mol. The molecule has 0 amide bonds. The minimum absolute atomic E-state index is 0.276. The highest BCUT2D eigenvalue weighted by Gasteiger charge is 2.29. The standard InChI is InChI=1S/C47H30ClN3O2/c48-30-21-24-41-39(26-30)43-35(14-8-18-42(43)52-41)33-22-23-37(32-12-4-3-11-31(32)33)46-49-45(29-20-19-27-9-1-2-10-28(27)25-29)50-47(51-46)38-16-7-15-36-34-13-5-6-17-40(34)53-44(36)38/h1-26,45-46,49H,(H,50,51). The van der Waals surface area contributed by atoms with E-state index in [-0.39, 0.29) is 12.3 Å². The maximum absolute atomic E-state index is 6.52. The first-order valence-corrected chi connectivity index (χ1v) is 18.2. The van der Waals surface area contributed by atoms with Crippen molar-refractivity contribution in [3.8, 4) is 11.1 Å². The van der Waals surface area contributed by atoms with Crippen LogP contribution in [0.15, 0.2) is 172 Å². The Morgan fingerprint density at radius 2 is 1.25 bits per heavy atom. The van der Waals surface area contributed by atoms with E-state index in [2.05, 4.69) is 132 Å². The van der Waals surface area contributed by atoms with Crippen LogP contribution in [0, 0.1) is 0 Å². The van der Waals surface area contributed by atoms with Gasteiger partial charge in [-0.25, -0.2) is 4.99 Å². The van der Waals surface area contributed by atoms with Crippen LogP contribution in [0.2, 0.25) is 5.02 Å². The molecule has 2 aromatic heterocycles. The summed E-state index contributed by atoms with van der Waals surface area (Å²) in [6, 6.07) is 54.7. The molecular weight excluding hydrogens is 674 g/mol. The van der Waals surface area contributed by atoms with Crippen molar-refractivity contribution in [1.29, 1.82) is 0 Å². The zero-order chi connectivity index (χ0) is 35.0. The van der Waals surface area contributed by atoms with Crippen LogP contribution in [-0.4, -0.2) is 5.84 Å². The Kier molecular flexibility index (Phi) is 6.75. The summed E-state index contributed by atoms with van der Waals surface area (Å²) in [5, 5.41) is 17.2. The van der Waals surface area contributed by atoms with E-state index in [1.807, 2.05) is 36.4 Å². The number of halogens is 1. The minimum Gasteiger partial charge on any atom is -0.456 e. The first-order valence-electron chi connectivity index (χ1n) is 17.8. The summed E-state index contributed by atoms with van der Waals surface area (Å²) >= 11 is 6.50. The van der Waals surface area contributed by atoms with Gasteiger partial charge < -0.3 is 14.2 Å². The molecule has 8 aromatic carbocycles. The molecule has 11 rings (SSSR count). The second-order valence-electron chi connectivity index (χ2n) is 13.7. The van der Waals surface area contributed by atoms with Crippen LogP contribution in [-0.2, 0) is 0 Å². The molecule has 2 unspecified atom stereocenters. The largest absolute Gasteiger partial charge is 0.456 e. The monoisotopic (exact) mass is 703 g/mol. The molecule has 3 heterocycles. The van der Waals surface area contributed by atoms with Gasteiger partial charge in [-0.1, -0.05) is 127 Å². The lowest BCUT2D eigenvalue weighted by molar-refractivity contribution is 0.411. The van der Waals surface area contributed by atoms with Crippen molar-refractivity contribution in [1.82, 2.24) is 10.6 Å². The molecule has 2 N–H and O–H groups in total. The van der Waals surface area contributed by atoms with Gasteiger partial charge in [-0.3, -0.25) is 5.32 Å². The van der Waals surface area contributed by atoms with Crippen molar-refractivity contribution in [2.75, 3.05) is 0 Å². The number of nitrogens with one attached hydrogen (secondary N) is 2. The molecular formula is C47H30ClN3O2. The number of amidine groups is 1. The van der Waals surface area contributed by atoms with Gasteiger partial charge in [0.1, 0.15) is 40.5 Å². The summed E-state index contributed by atoms with van der Waals surface area (Å²) < 4.78 is 12.8. The summed E-state index contributed by atoms with van der Waals surface area (Å²) in [5.74, 6) is 0.774. The molecule has 0 saturated heterocycles. The number of hydrogen-bond donors (Lipinski definition) is 2. The van der Waals surface area contributed by atoms with Crippen molar-refractivity contribution in [2.24, 2.45) is 4.99 Å². The average molecular weight is 704 g/mol. The van der Waals surface area contributed by atoms with Crippen LogP contribution < -0.4 is 10.6 Å². The summed E-state index contributed by atoms with van der Waals surface area (Å²) in [7, 11) is 0. The lowest BCUT2D eigenvalue weighted by atomic mass is 9.91. The molecule has 2 atom stereocenters. The Hall–Kier alpha value is -6.40. The normalized spacial score (nSPS) is 16.2. The first kappa shape index (κ1) is 30.2. The lowest BCUT2D eigenvalue weighted by Crippen LogP contribution is -2.45. The Balaban J connectivity index is 1.09. The van der Waals surface area contributed by atoms with Crippen LogP contribution in [0.25, 0.3) is 76.5 Å². The van der Waals surface area contributed by atoms with Crippen molar-refractivity contribution >= 4 is 82.9 Å². The third-order valence-electron chi connectivity index (χ3n) is 10.6. The SMILES string of the molecule is Clc1ccc2oc3cccc(-c4ccc(C5NC(c6cccc7c6oc6ccccc67)=NC(c6ccc7ccccc7c6)N5)c5ccccc45)c3c2c1. The molecule has 0 saturated carbocycles. The van der Waals surface area contributed by atoms with Crippen molar-refractivity contribution in [3.05, 3.63) is 179 Å². The molecule has 0 fully saturated rings. The Morgan fingerprint density at radius 1 is 0.509 bits per heavy atom. The summed E-state index contributed by atoms with van der Waals surface area (Å²) in [6.45, 7) is 0. The van der Waals surface area contributed by atoms with Gasteiger partial charge in [0.2, 0.25) is 0 Å². The van der Waals surface area contributed by atoms with Crippen molar-refractivity contribution < 1.29 is 8.83 Å². The van der Waals surface area contributed by atoms with Crippen LogP contribution in [0.5, 0.6) is 0 Å². The molecule has 10 aromatic rings. The average Bonchev–Trinajstić information content (AvgIpc) is 3.78. The van der Waals surface area contributed by atoms with E-state index in [1.165, 1.54) is 10.8 Å². The predicted octanol–water partition coefficient (Wildman–Crippen LogP) is 12.4. The van der Waals surface area contributed by atoms with Crippen LogP contribution in [0.1, 0.15) is 29.0 Å². The molecule has 53 heavy (non-hydrogen) atoms. The van der Waals surface area contributed by atoms with Crippen LogP contribution >= 0.6 is 11.6 Å². The zero-order valence-corrected chi connectivity index (χ0v) is 29.1. The molecule has 1 aliphatic rings. The quantitative estimate of drug-likeness (QED) is 0.191. The second-order valence-corrected chi connectivity index (χ2v) is 14.1. The maximum atomic E-state index is 6.52. The van der Waals surface area contributed by atoms with Gasteiger partial charge in [0.15, 0.2) is 0 Å². The minimum atomic E-state index is -0.324. The number of hydrogen-bond acceptors (Lipinski definition) is 5. The van der Waals surface area contributed by atoms with E-state index in [0.29, 0.717) is 5.02 Å². The Morgan fingerprint density at radius 3 is 2.17 bits per heavy atom. The molecule has 0 radical (unpaired) electrons. The molecule has 6 heteroatoms. The van der Waals surface area contributed by atoms with E-state index in [1.54, 1.807) is 0 Å². The molecule has 252 valence electrons. The van der Waals surface area contributed by atoms with E-state index < -0.39 is 0 Å². The fourth-order valence-electron chi connectivity index (χ4n) is 8.17. The first-order chi connectivity index (χ1) is 26.2. The van der Waals surface area contributed by atoms with E-state index in [0.717, 1.165) is 88.3 Å². The number of furan rings is 2. The molecule has 5 nitrogen and oxygen atoms in total. The van der Waals surface area contributed by atoms with E-state index in [4.69, 9.17) is 25.4 Å². The Labute approximate surface area is 309 Å². The van der Waals surface area contributed by atoms with Gasteiger partial charge in [-0.15, -0.1) is 0 Å². The van der Waals surface area contributed by atoms with Gasteiger partial charge in [-0.2, -0.15) is 0 Å². The van der Waals surface area contributed by atoms with Gasteiger partial charge in [0.25, 0.3) is 0 Å². The van der Waals surface area contributed by atoms with E-state index in [9.17, 15) is 0 Å². The molecule has 0 spiro atoms. The third kappa shape index (κ3) is 4.86. The van der Waals surface area contributed by atoms with Gasteiger partial charge >= 0.3 is 0 Å². The Bertz CT molecular complexity index is 3120. The topological polar surface area (TPSA) is 62.7 Å². The number of rotatable bonds is 4. The third-order valence-corrected chi connectivity index (χ3v) is 10.9. The number of benzene rings is 8. The number of fused-ring (bicyclic) bond motifs is 8. The lowest BCUT2D eigenvalue weighted by Gasteiger charge is -2.33. The van der Waals surface area contributed by atoms with Crippen molar-refractivity contribution in [2.45, 2.75) is 12.3 Å². The van der Waals surface area contributed by atoms with Gasteiger partial charge in [-0.05, 0) is 86.3 Å². The maximum Gasteiger partial charge on any atom is 0.146 e. The highest BCUT2D eigenvalue weighted by Crippen LogP contribution is 2.42. The van der Waals surface area contributed by atoms with Gasteiger partial charge in [0.05, 0.1) is 5.56 Å². The smallest absolute Gasteiger partial charge is 0.146 e. The fourth-order valence-corrected chi connectivity index (χ4v) is 8.34. The van der Waals surface area contributed by atoms with Crippen LogP contribution in [0.3, 0.4) is 0 Å². The fraction of sp³-hybridized carbons (Fsp3) is 0.0426. The molecule has 0 bridgehead atoms. The number of para-hydroxylation sites is 2. The second kappa shape index (κ2) is 11.8. The van der Waals surface area contributed by atoms with Crippen LogP contribution in [0.4, 0.5) is 0 Å². The highest BCUT2D eigenvalue weighted by molar-refractivity contribution is 6.32. The van der Waals surface area contributed by atoms with Gasteiger partial charge in [0, 0.05) is 26.6 Å². The van der Waals surface area contributed by atoms with E-state index >= 15 is 0 Å². The van der Waals surface area contributed by atoms with Crippen molar-refractivity contribution in [3.63, 3.8) is 0 Å². The highest BCUT2D eigenvalue weighted by atomic mass is 35.5.